The van der Waals surface area contributed by atoms with Crippen molar-refractivity contribution < 1.29 is 9.59 Å². The van der Waals surface area contributed by atoms with Crippen molar-refractivity contribution >= 4 is 11.8 Å². The number of nitrogens with zero attached hydrogens (tertiary/aromatic N) is 1. The van der Waals surface area contributed by atoms with Gasteiger partial charge in [-0.1, -0.05) is 13.8 Å². The summed E-state index contributed by atoms with van der Waals surface area (Å²) in [5.74, 6) is 0.539. The van der Waals surface area contributed by atoms with Crippen molar-refractivity contribution in [2.45, 2.75) is 51.6 Å². The summed E-state index contributed by atoms with van der Waals surface area (Å²) < 4.78 is 0. The van der Waals surface area contributed by atoms with E-state index in [1.807, 2.05) is 4.90 Å². The van der Waals surface area contributed by atoms with Gasteiger partial charge in [0.2, 0.25) is 11.8 Å². The van der Waals surface area contributed by atoms with E-state index in [1.54, 1.807) is 0 Å². The third-order valence-electron chi connectivity index (χ3n) is 3.79. The number of rotatable bonds is 5. The lowest BCUT2D eigenvalue weighted by Gasteiger charge is -2.29. The van der Waals surface area contributed by atoms with E-state index in [2.05, 4.69) is 24.5 Å². The molecule has 19 heavy (non-hydrogen) atoms. The van der Waals surface area contributed by atoms with Crippen LogP contribution in [0.4, 0.5) is 0 Å². The fourth-order valence-electron chi connectivity index (χ4n) is 2.89. The topological polar surface area (TPSA) is 61.4 Å². The van der Waals surface area contributed by atoms with Gasteiger partial charge in [-0.25, -0.2) is 0 Å². The average molecular weight is 267 g/mol. The van der Waals surface area contributed by atoms with Crippen LogP contribution in [0.15, 0.2) is 0 Å². The molecule has 0 aromatic rings. The smallest absolute Gasteiger partial charge is 0.245 e. The molecule has 2 aliphatic rings. The summed E-state index contributed by atoms with van der Waals surface area (Å²) in [7, 11) is 0. The van der Waals surface area contributed by atoms with Gasteiger partial charge < -0.3 is 15.5 Å². The molecule has 2 rings (SSSR count). The van der Waals surface area contributed by atoms with Crippen molar-refractivity contribution in [2.24, 2.45) is 5.92 Å². The molecule has 2 aliphatic heterocycles. The van der Waals surface area contributed by atoms with Gasteiger partial charge in [-0.3, -0.25) is 9.59 Å². The van der Waals surface area contributed by atoms with E-state index >= 15 is 0 Å². The zero-order valence-electron chi connectivity index (χ0n) is 11.9. The first kappa shape index (κ1) is 14.3. The Labute approximate surface area is 115 Å². The lowest BCUT2D eigenvalue weighted by atomic mass is 10.1. The van der Waals surface area contributed by atoms with E-state index in [0.717, 1.165) is 26.1 Å². The van der Waals surface area contributed by atoms with Gasteiger partial charge in [-0.15, -0.1) is 0 Å². The van der Waals surface area contributed by atoms with Crippen LogP contribution in [-0.2, 0) is 9.59 Å². The van der Waals surface area contributed by atoms with E-state index in [0.29, 0.717) is 24.8 Å². The molecule has 2 unspecified atom stereocenters. The first-order valence-electron chi connectivity index (χ1n) is 7.38. The average Bonchev–Trinajstić information content (AvgIpc) is 2.98. The van der Waals surface area contributed by atoms with Crippen molar-refractivity contribution in [1.82, 2.24) is 15.5 Å². The van der Waals surface area contributed by atoms with Gasteiger partial charge in [0.1, 0.15) is 6.04 Å². The maximum absolute atomic E-state index is 12.5. The van der Waals surface area contributed by atoms with E-state index in [1.165, 1.54) is 6.42 Å². The lowest BCUT2D eigenvalue weighted by Crippen LogP contribution is -2.49. The van der Waals surface area contributed by atoms with E-state index in [-0.39, 0.29) is 17.9 Å². The van der Waals surface area contributed by atoms with Crippen LogP contribution in [0.2, 0.25) is 0 Å². The van der Waals surface area contributed by atoms with Gasteiger partial charge in [-0.2, -0.15) is 0 Å². The zero-order valence-corrected chi connectivity index (χ0v) is 11.9. The van der Waals surface area contributed by atoms with Crippen molar-refractivity contribution in [1.29, 1.82) is 0 Å². The van der Waals surface area contributed by atoms with Crippen LogP contribution >= 0.6 is 0 Å². The van der Waals surface area contributed by atoms with Crippen LogP contribution in [0.25, 0.3) is 0 Å². The SMILES string of the molecule is CC(C)CN(CC1CCCN1)C(=O)C1CCC(=O)N1. The first-order valence-corrected chi connectivity index (χ1v) is 7.38. The minimum absolute atomic E-state index is 0.00170. The minimum Gasteiger partial charge on any atom is -0.344 e. The Kier molecular flexibility index (Phi) is 4.80. The molecular formula is C14H25N3O2. The molecular weight excluding hydrogens is 242 g/mol. The van der Waals surface area contributed by atoms with Gasteiger partial charge in [0, 0.05) is 25.6 Å². The molecule has 2 fully saturated rings. The third-order valence-corrected chi connectivity index (χ3v) is 3.79. The number of hydrogen-bond donors (Lipinski definition) is 2. The number of amides is 2. The quantitative estimate of drug-likeness (QED) is 0.762. The van der Waals surface area contributed by atoms with Crippen LogP contribution in [0.1, 0.15) is 39.5 Å². The van der Waals surface area contributed by atoms with Gasteiger partial charge in [0.25, 0.3) is 0 Å². The van der Waals surface area contributed by atoms with E-state index in [4.69, 9.17) is 0 Å². The molecule has 0 bridgehead atoms. The highest BCUT2D eigenvalue weighted by Crippen LogP contribution is 2.14. The maximum atomic E-state index is 12.5. The summed E-state index contributed by atoms with van der Waals surface area (Å²) in [5.41, 5.74) is 0. The van der Waals surface area contributed by atoms with Crippen LogP contribution in [0.3, 0.4) is 0 Å². The summed E-state index contributed by atoms with van der Waals surface area (Å²) in [6.45, 7) is 6.83. The molecule has 2 amide bonds. The molecule has 0 saturated carbocycles. The fraction of sp³-hybridized carbons (Fsp3) is 0.857. The highest BCUT2D eigenvalue weighted by molar-refractivity contribution is 5.90. The van der Waals surface area contributed by atoms with Gasteiger partial charge >= 0.3 is 0 Å². The molecule has 0 aliphatic carbocycles. The minimum atomic E-state index is -0.298. The number of nitrogens with one attached hydrogen (secondary N) is 2. The normalized spacial score (nSPS) is 26.8. The predicted molar refractivity (Wildman–Crippen MR) is 73.6 cm³/mol. The molecule has 108 valence electrons. The molecule has 2 saturated heterocycles. The molecule has 2 heterocycles. The number of carbonyl (C=O) groups is 2. The van der Waals surface area contributed by atoms with Crippen LogP contribution in [0, 0.1) is 5.92 Å². The Bertz CT molecular complexity index is 338. The van der Waals surface area contributed by atoms with Crippen molar-refractivity contribution in [3.63, 3.8) is 0 Å². The fourth-order valence-corrected chi connectivity index (χ4v) is 2.89. The second-order valence-electron chi connectivity index (χ2n) is 6.09. The van der Waals surface area contributed by atoms with Gasteiger partial charge in [0.05, 0.1) is 0 Å². The summed E-state index contributed by atoms with van der Waals surface area (Å²) in [5, 5.41) is 6.22. The molecule has 5 nitrogen and oxygen atoms in total. The highest BCUT2D eigenvalue weighted by atomic mass is 16.2. The van der Waals surface area contributed by atoms with E-state index in [9.17, 15) is 9.59 Å². The monoisotopic (exact) mass is 267 g/mol. The first-order chi connectivity index (χ1) is 9.06. The van der Waals surface area contributed by atoms with Crippen LogP contribution < -0.4 is 10.6 Å². The number of carbonyl (C=O) groups excluding carboxylic acids is 2. The summed E-state index contributed by atoms with van der Waals surface area (Å²) in [6, 6.07) is 0.118. The second-order valence-corrected chi connectivity index (χ2v) is 6.09. The summed E-state index contributed by atoms with van der Waals surface area (Å²) in [6.07, 6.45) is 3.45. The van der Waals surface area contributed by atoms with Crippen LogP contribution in [-0.4, -0.2) is 48.4 Å². The Morgan fingerprint density at radius 3 is 2.74 bits per heavy atom. The predicted octanol–water partition coefficient (Wildman–Crippen LogP) is 0.502. The van der Waals surface area contributed by atoms with Crippen molar-refractivity contribution in [3.8, 4) is 0 Å². The summed E-state index contributed by atoms with van der Waals surface area (Å²) in [4.78, 5) is 25.7. The molecule has 2 N–H and O–H groups in total. The molecule has 0 radical (unpaired) electrons. The molecule has 0 aromatic heterocycles. The Hall–Kier alpha value is -1.10. The Balaban J connectivity index is 1.94. The Morgan fingerprint density at radius 1 is 1.42 bits per heavy atom. The third kappa shape index (κ3) is 3.93. The highest BCUT2D eigenvalue weighted by Gasteiger charge is 2.32. The maximum Gasteiger partial charge on any atom is 0.245 e. The zero-order chi connectivity index (χ0) is 13.8. The molecule has 5 heteroatoms. The standard InChI is InChI=1S/C14H25N3O2/c1-10(2)8-17(9-11-4-3-7-15-11)14(19)12-5-6-13(18)16-12/h10-12,15H,3-9H2,1-2H3,(H,16,18). The molecule has 2 atom stereocenters. The van der Waals surface area contributed by atoms with E-state index < -0.39 is 0 Å². The summed E-state index contributed by atoms with van der Waals surface area (Å²) >= 11 is 0. The second kappa shape index (κ2) is 6.37. The van der Waals surface area contributed by atoms with Gasteiger partial charge in [-0.05, 0) is 31.7 Å². The molecule has 0 spiro atoms. The van der Waals surface area contributed by atoms with Gasteiger partial charge in [0.15, 0.2) is 0 Å². The molecule has 0 aromatic carbocycles. The lowest BCUT2D eigenvalue weighted by molar-refractivity contribution is -0.135. The van der Waals surface area contributed by atoms with Crippen molar-refractivity contribution in [3.05, 3.63) is 0 Å². The van der Waals surface area contributed by atoms with Crippen LogP contribution in [0.5, 0.6) is 0 Å². The largest absolute Gasteiger partial charge is 0.344 e. The Morgan fingerprint density at radius 2 is 2.21 bits per heavy atom. The number of hydrogen-bond acceptors (Lipinski definition) is 3. The van der Waals surface area contributed by atoms with Crippen molar-refractivity contribution in [2.75, 3.05) is 19.6 Å².